The van der Waals surface area contributed by atoms with Gasteiger partial charge in [-0.05, 0) is 18.1 Å². The molecule has 0 aliphatic rings. The van der Waals surface area contributed by atoms with Gasteiger partial charge in [-0.3, -0.25) is 0 Å². The average Bonchev–Trinajstić information content (AvgIpc) is 2.17. The highest BCUT2D eigenvalue weighted by Gasteiger charge is 2.26. The maximum atomic E-state index is 10.1. The molecule has 1 atom stereocenters. The van der Waals surface area contributed by atoms with Crippen LogP contribution in [0.4, 0.5) is 0 Å². The molecular formula is C10H14BrNO. The van der Waals surface area contributed by atoms with E-state index in [0.717, 1.165) is 10.0 Å². The second-order valence-corrected chi connectivity index (χ2v) is 3.92. The highest BCUT2D eigenvalue weighted by Crippen LogP contribution is 2.29. The van der Waals surface area contributed by atoms with Crippen LogP contribution < -0.4 is 5.73 Å². The lowest BCUT2D eigenvalue weighted by atomic mass is 9.91. The molecule has 0 aliphatic heterocycles. The van der Waals surface area contributed by atoms with Crippen molar-refractivity contribution in [2.45, 2.75) is 18.9 Å². The van der Waals surface area contributed by atoms with E-state index in [9.17, 15) is 5.11 Å². The zero-order valence-corrected chi connectivity index (χ0v) is 9.21. The molecular weight excluding hydrogens is 230 g/mol. The Balaban J connectivity index is 3.12. The largest absolute Gasteiger partial charge is 0.384 e. The monoisotopic (exact) mass is 243 g/mol. The van der Waals surface area contributed by atoms with Crippen LogP contribution in [0.1, 0.15) is 18.9 Å². The van der Waals surface area contributed by atoms with Gasteiger partial charge in [0.2, 0.25) is 0 Å². The molecule has 72 valence electrons. The smallest absolute Gasteiger partial charge is 0.103 e. The molecule has 0 saturated heterocycles. The summed E-state index contributed by atoms with van der Waals surface area (Å²) in [4.78, 5) is 0. The van der Waals surface area contributed by atoms with Gasteiger partial charge in [0.25, 0.3) is 0 Å². The summed E-state index contributed by atoms with van der Waals surface area (Å²) in [6.45, 7) is 2.17. The first-order valence-electron chi connectivity index (χ1n) is 4.31. The Morgan fingerprint density at radius 1 is 1.46 bits per heavy atom. The van der Waals surface area contributed by atoms with Crippen LogP contribution in [0.15, 0.2) is 28.7 Å². The summed E-state index contributed by atoms with van der Waals surface area (Å²) in [5.41, 5.74) is 5.51. The van der Waals surface area contributed by atoms with Crippen LogP contribution in [0.5, 0.6) is 0 Å². The molecule has 0 aliphatic carbocycles. The maximum Gasteiger partial charge on any atom is 0.103 e. The first-order valence-corrected chi connectivity index (χ1v) is 5.11. The minimum absolute atomic E-state index is 0.242. The van der Waals surface area contributed by atoms with E-state index in [4.69, 9.17) is 5.73 Å². The summed E-state index contributed by atoms with van der Waals surface area (Å²) in [6.07, 6.45) is 0.617. The Morgan fingerprint density at radius 3 is 2.54 bits per heavy atom. The summed E-state index contributed by atoms with van der Waals surface area (Å²) < 4.78 is 0.907. The first-order chi connectivity index (χ1) is 6.14. The average molecular weight is 244 g/mol. The van der Waals surface area contributed by atoms with Crippen molar-refractivity contribution in [1.82, 2.24) is 0 Å². The summed E-state index contributed by atoms with van der Waals surface area (Å²) in [5, 5.41) is 10.1. The third-order valence-corrected chi connectivity index (χ3v) is 2.99. The molecule has 1 aromatic carbocycles. The molecule has 0 bridgehead atoms. The van der Waals surface area contributed by atoms with Crippen molar-refractivity contribution < 1.29 is 5.11 Å². The lowest BCUT2D eigenvalue weighted by molar-refractivity contribution is 0.0411. The van der Waals surface area contributed by atoms with Gasteiger partial charge in [-0.1, -0.05) is 41.1 Å². The fourth-order valence-corrected chi connectivity index (χ4v) is 1.94. The summed E-state index contributed by atoms with van der Waals surface area (Å²) >= 11 is 3.40. The molecule has 1 aromatic rings. The molecule has 3 heteroatoms. The zero-order valence-electron chi connectivity index (χ0n) is 7.63. The first kappa shape index (κ1) is 10.7. The highest BCUT2D eigenvalue weighted by atomic mass is 79.9. The van der Waals surface area contributed by atoms with Crippen molar-refractivity contribution in [2.75, 3.05) is 6.54 Å². The van der Waals surface area contributed by atoms with Gasteiger partial charge in [-0.25, -0.2) is 0 Å². The van der Waals surface area contributed by atoms with Crippen LogP contribution in [-0.2, 0) is 5.60 Å². The Morgan fingerprint density at radius 2 is 2.08 bits per heavy atom. The Bertz CT molecular complexity index is 284. The van der Waals surface area contributed by atoms with Gasteiger partial charge in [-0.15, -0.1) is 0 Å². The standard InChI is InChI=1S/C10H14BrNO/c1-2-10(13,7-12)8-5-3-4-6-9(8)11/h3-6,13H,2,7,12H2,1H3. The second-order valence-electron chi connectivity index (χ2n) is 3.07. The van der Waals surface area contributed by atoms with E-state index in [1.165, 1.54) is 0 Å². The number of aliphatic hydroxyl groups is 1. The number of halogens is 1. The van der Waals surface area contributed by atoms with Gasteiger partial charge in [-0.2, -0.15) is 0 Å². The minimum atomic E-state index is -0.903. The van der Waals surface area contributed by atoms with Gasteiger partial charge in [0.05, 0.1) is 0 Å². The van der Waals surface area contributed by atoms with Gasteiger partial charge < -0.3 is 10.8 Å². The van der Waals surface area contributed by atoms with Crippen LogP contribution in [0.2, 0.25) is 0 Å². The number of hydrogen-bond acceptors (Lipinski definition) is 2. The molecule has 0 heterocycles. The van der Waals surface area contributed by atoms with Gasteiger partial charge >= 0.3 is 0 Å². The van der Waals surface area contributed by atoms with Crippen LogP contribution in [-0.4, -0.2) is 11.7 Å². The fourth-order valence-electron chi connectivity index (χ4n) is 1.28. The van der Waals surface area contributed by atoms with E-state index in [1.54, 1.807) is 0 Å². The van der Waals surface area contributed by atoms with Crippen LogP contribution >= 0.6 is 15.9 Å². The van der Waals surface area contributed by atoms with Crippen molar-refractivity contribution in [2.24, 2.45) is 5.73 Å². The molecule has 0 amide bonds. The van der Waals surface area contributed by atoms with E-state index in [1.807, 2.05) is 31.2 Å². The van der Waals surface area contributed by atoms with Crippen molar-refractivity contribution >= 4 is 15.9 Å². The van der Waals surface area contributed by atoms with E-state index >= 15 is 0 Å². The lowest BCUT2D eigenvalue weighted by Crippen LogP contribution is -2.34. The highest BCUT2D eigenvalue weighted by molar-refractivity contribution is 9.10. The number of nitrogens with two attached hydrogens (primary N) is 1. The topological polar surface area (TPSA) is 46.2 Å². The normalized spacial score (nSPS) is 15.4. The van der Waals surface area contributed by atoms with Gasteiger partial charge in [0, 0.05) is 11.0 Å². The molecule has 3 N–H and O–H groups in total. The molecule has 2 nitrogen and oxygen atoms in total. The quantitative estimate of drug-likeness (QED) is 0.854. The molecule has 0 radical (unpaired) electrons. The summed E-state index contributed by atoms with van der Waals surface area (Å²) in [5.74, 6) is 0. The minimum Gasteiger partial charge on any atom is -0.384 e. The molecule has 13 heavy (non-hydrogen) atoms. The third-order valence-electron chi connectivity index (χ3n) is 2.30. The van der Waals surface area contributed by atoms with Crippen LogP contribution in [0.3, 0.4) is 0 Å². The molecule has 1 unspecified atom stereocenters. The number of rotatable bonds is 3. The Labute approximate surface area is 86.9 Å². The SMILES string of the molecule is CCC(O)(CN)c1ccccc1Br. The Hall–Kier alpha value is -0.380. The predicted octanol–water partition coefficient (Wildman–Crippen LogP) is 2.01. The molecule has 0 aromatic heterocycles. The molecule has 0 saturated carbocycles. The van der Waals surface area contributed by atoms with Crippen LogP contribution in [0.25, 0.3) is 0 Å². The van der Waals surface area contributed by atoms with Crippen molar-refractivity contribution in [3.8, 4) is 0 Å². The number of benzene rings is 1. The van der Waals surface area contributed by atoms with E-state index in [2.05, 4.69) is 15.9 Å². The molecule has 1 rings (SSSR count). The van der Waals surface area contributed by atoms with Crippen LogP contribution in [0, 0.1) is 0 Å². The third kappa shape index (κ3) is 2.10. The molecule has 0 spiro atoms. The Kier molecular flexibility index (Phi) is 3.47. The second kappa shape index (κ2) is 4.22. The van der Waals surface area contributed by atoms with Crippen molar-refractivity contribution in [1.29, 1.82) is 0 Å². The fraction of sp³-hybridized carbons (Fsp3) is 0.400. The predicted molar refractivity (Wildman–Crippen MR) is 57.4 cm³/mol. The zero-order chi connectivity index (χ0) is 9.90. The van der Waals surface area contributed by atoms with Crippen molar-refractivity contribution in [3.63, 3.8) is 0 Å². The van der Waals surface area contributed by atoms with E-state index < -0.39 is 5.60 Å². The van der Waals surface area contributed by atoms with E-state index in [-0.39, 0.29) is 6.54 Å². The molecule has 0 fully saturated rings. The maximum absolute atomic E-state index is 10.1. The number of hydrogen-bond donors (Lipinski definition) is 2. The van der Waals surface area contributed by atoms with Crippen molar-refractivity contribution in [3.05, 3.63) is 34.3 Å². The lowest BCUT2D eigenvalue weighted by Gasteiger charge is -2.26. The van der Waals surface area contributed by atoms with Gasteiger partial charge in [0.1, 0.15) is 5.60 Å². The summed E-state index contributed by atoms with van der Waals surface area (Å²) in [6, 6.07) is 7.61. The summed E-state index contributed by atoms with van der Waals surface area (Å²) in [7, 11) is 0. The van der Waals surface area contributed by atoms with Gasteiger partial charge in [0.15, 0.2) is 0 Å². The van der Waals surface area contributed by atoms with E-state index in [0.29, 0.717) is 6.42 Å².